The predicted molar refractivity (Wildman–Crippen MR) is 101 cm³/mol. The Morgan fingerprint density at radius 3 is 3.12 bits per heavy atom. The number of rotatable bonds is 5. The summed E-state index contributed by atoms with van der Waals surface area (Å²) < 4.78 is 8.12. The van der Waals surface area contributed by atoms with Crippen LogP contribution in [0.3, 0.4) is 0 Å². The molecule has 2 aromatic rings. The molecule has 1 fully saturated rings. The largest absolute Gasteiger partial charge is 0.394 e. The van der Waals surface area contributed by atoms with Crippen LogP contribution in [0.5, 0.6) is 0 Å². The van der Waals surface area contributed by atoms with E-state index in [0.717, 1.165) is 51.1 Å². The lowest BCUT2D eigenvalue weighted by Crippen LogP contribution is -2.50. The summed E-state index contributed by atoms with van der Waals surface area (Å²) in [5, 5.41) is 17.3. The van der Waals surface area contributed by atoms with Gasteiger partial charge in [-0.15, -0.1) is 16.4 Å². The molecular formula is C19H28N4O2S. The van der Waals surface area contributed by atoms with Crippen LogP contribution >= 0.6 is 11.3 Å². The van der Waals surface area contributed by atoms with Crippen molar-refractivity contribution >= 4 is 11.3 Å². The first-order chi connectivity index (χ1) is 12.6. The zero-order chi connectivity index (χ0) is 18.1. The molecule has 6 nitrogen and oxygen atoms in total. The van der Waals surface area contributed by atoms with Crippen LogP contribution in [0.4, 0.5) is 0 Å². The molecule has 0 aliphatic carbocycles. The van der Waals surface area contributed by atoms with Gasteiger partial charge in [0.15, 0.2) is 0 Å². The topological polar surface area (TPSA) is 63.4 Å². The number of thiophene rings is 1. The second-order valence-corrected chi connectivity index (χ2v) is 8.69. The van der Waals surface area contributed by atoms with Gasteiger partial charge in [-0.25, -0.2) is 4.68 Å². The summed E-state index contributed by atoms with van der Waals surface area (Å²) in [6, 6.07) is 2.84. The molecule has 1 saturated heterocycles. The van der Waals surface area contributed by atoms with Crippen molar-refractivity contribution in [3.63, 3.8) is 0 Å². The van der Waals surface area contributed by atoms with E-state index in [4.69, 9.17) is 9.84 Å². The van der Waals surface area contributed by atoms with Crippen molar-refractivity contribution in [2.75, 3.05) is 19.8 Å². The van der Waals surface area contributed by atoms with Gasteiger partial charge in [0, 0.05) is 41.5 Å². The van der Waals surface area contributed by atoms with Crippen LogP contribution in [0.1, 0.15) is 47.7 Å². The van der Waals surface area contributed by atoms with Crippen molar-refractivity contribution in [3.8, 4) is 0 Å². The van der Waals surface area contributed by atoms with Gasteiger partial charge in [0.05, 0.1) is 31.1 Å². The first kappa shape index (κ1) is 18.1. The van der Waals surface area contributed by atoms with Crippen LogP contribution in [0.25, 0.3) is 0 Å². The number of piperidine rings is 1. The lowest BCUT2D eigenvalue weighted by atomic mass is 9.79. The molecule has 0 aromatic carbocycles. The molecule has 2 aromatic heterocycles. The number of hydrogen-bond acceptors (Lipinski definition) is 6. The molecule has 4 rings (SSSR count). The Hall–Kier alpha value is -1.28. The van der Waals surface area contributed by atoms with Crippen LogP contribution in [-0.4, -0.2) is 50.8 Å². The van der Waals surface area contributed by atoms with Gasteiger partial charge in [-0.2, -0.15) is 0 Å². The van der Waals surface area contributed by atoms with E-state index in [9.17, 15) is 0 Å². The average molecular weight is 377 g/mol. The first-order valence-electron chi connectivity index (χ1n) is 9.63. The molecule has 1 spiro atoms. The Labute approximate surface area is 158 Å². The molecule has 2 atom stereocenters. The highest BCUT2D eigenvalue weighted by atomic mass is 32.1. The number of aliphatic hydroxyl groups is 1. The number of nitrogens with zero attached hydrogens (tertiary/aromatic N) is 4. The fourth-order valence-corrected chi connectivity index (χ4v) is 5.52. The monoisotopic (exact) mass is 376 g/mol. The number of hydrogen-bond donors (Lipinski definition) is 1. The molecular weight excluding hydrogens is 348 g/mol. The van der Waals surface area contributed by atoms with E-state index >= 15 is 0 Å². The van der Waals surface area contributed by atoms with Crippen LogP contribution in [0.2, 0.25) is 0 Å². The fourth-order valence-electron chi connectivity index (χ4n) is 4.34. The Bertz CT molecular complexity index is 759. The van der Waals surface area contributed by atoms with E-state index in [0.29, 0.717) is 12.6 Å². The maximum absolute atomic E-state index is 9.02. The Balaban J connectivity index is 1.47. The van der Waals surface area contributed by atoms with Crippen molar-refractivity contribution in [1.29, 1.82) is 0 Å². The van der Waals surface area contributed by atoms with Gasteiger partial charge < -0.3 is 9.84 Å². The third-order valence-electron chi connectivity index (χ3n) is 5.74. The quantitative estimate of drug-likeness (QED) is 0.868. The van der Waals surface area contributed by atoms with Gasteiger partial charge in [0.25, 0.3) is 0 Å². The summed E-state index contributed by atoms with van der Waals surface area (Å²) in [6.45, 7) is 7.78. The van der Waals surface area contributed by atoms with Gasteiger partial charge >= 0.3 is 0 Å². The molecule has 7 heteroatoms. The minimum absolute atomic E-state index is 0.0888. The van der Waals surface area contributed by atoms with Gasteiger partial charge in [0.1, 0.15) is 0 Å². The number of ether oxygens (including phenoxy) is 1. The van der Waals surface area contributed by atoms with Gasteiger partial charge in [-0.1, -0.05) is 12.1 Å². The van der Waals surface area contributed by atoms with Gasteiger partial charge in [-0.05, 0) is 37.8 Å². The third kappa shape index (κ3) is 3.33. The number of aliphatic hydroxyl groups excluding tert-OH is 1. The third-order valence-corrected chi connectivity index (χ3v) is 7.08. The van der Waals surface area contributed by atoms with Crippen LogP contribution in [0.15, 0.2) is 12.3 Å². The van der Waals surface area contributed by atoms with E-state index in [2.05, 4.69) is 35.1 Å². The van der Waals surface area contributed by atoms with Crippen molar-refractivity contribution in [3.05, 3.63) is 33.3 Å². The maximum atomic E-state index is 9.02. The van der Waals surface area contributed by atoms with Crippen LogP contribution in [-0.2, 0) is 36.3 Å². The van der Waals surface area contributed by atoms with Crippen molar-refractivity contribution in [2.24, 2.45) is 0 Å². The summed E-state index contributed by atoms with van der Waals surface area (Å²) in [7, 11) is 0. The van der Waals surface area contributed by atoms with Crippen molar-refractivity contribution in [2.45, 2.75) is 64.3 Å². The Morgan fingerprint density at radius 2 is 2.35 bits per heavy atom. The standard InChI is InChI=1S/C19H28N4O2S/c1-3-16-10-17-18(26-16)4-9-25-19(17)5-6-22(14(2)11-19)12-15-13-23(7-8-24)21-20-15/h10,13-14,24H,3-9,11-12H2,1-2H3/t14-,19+/m0/s1. The number of fused-ring (bicyclic) bond motifs is 2. The summed E-state index contributed by atoms with van der Waals surface area (Å²) in [5.41, 5.74) is 2.34. The molecule has 2 aliphatic rings. The molecule has 0 amide bonds. The zero-order valence-corrected chi connectivity index (χ0v) is 16.5. The molecule has 2 aliphatic heterocycles. The van der Waals surface area contributed by atoms with E-state index in [1.807, 2.05) is 17.5 Å². The van der Waals surface area contributed by atoms with Gasteiger partial charge in [-0.3, -0.25) is 4.90 Å². The molecule has 0 radical (unpaired) electrons. The molecule has 0 saturated carbocycles. The molecule has 1 N–H and O–H groups in total. The van der Waals surface area contributed by atoms with Crippen LogP contribution in [0, 0.1) is 0 Å². The zero-order valence-electron chi connectivity index (χ0n) is 15.6. The smallest absolute Gasteiger partial charge is 0.0969 e. The fraction of sp³-hybridized carbons (Fsp3) is 0.684. The van der Waals surface area contributed by atoms with Crippen molar-refractivity contribution in [1.82, 2.24) is 19.9 Å². The highest BCUT2D eigenvalue weighted by Crippen LogP contribution is 2.46. The summed E-state index contributed by atoms with van der Waals surface area (Å²) in [4.78, 5) is 5.50. The summed E-state index contributed by atoms with van der Waals surface area (Å²) >= 11 is 1.98. The molecule has 4 heterocycles. The van der Waals surface area contributed by atoms with E-state index < -0.39 is 0 Å². The van der Waals surface area contributed by atoms with Gasteiger partial charge in [0.2, 0.25) is 0 Å². The van der Waals surface area contributed by atoms with Crippen molar-refractivity contribution < 1.29 is 9.84 Å². The predicted octanol–water partition coefficient (Wildman–Crippen LogP) is 2.35. The summed E-state index contributed by atoms with van der Waals surface area (Å²) in [5.74, 6) is 0. The molecule has 26 heavy (non-hydrogen) atoms. The highest BCUT2D eigenvalue weighted by Gasteiger charge is 2.44. The minimum atomic E-state index is -0.0953. The van der Waals surface area contributed by atoms with Crippen LogP contribution < -0.4 is 0 Å². The number of aryl methyl sites for hydroxylation is 1. The summed E-state index contributed by atoms with van der Waals surface area (Å²) in [6.07, 6.45) is 6.18. The first-order valence-corrected chi connectivity index (χ1v) is 10.4. The Kier molecular flexibility index (Phi) is 5.14. The molecule has 142 valence electrons. The highest BCUT2D eigenvalue weighted by molar-refractivity contribution is 7.12. The average Bonchev–Trinajstić information content (AvgIpc) is 3.25. The minimum Gasteiger partial charge on any atom is -0.394 e. The SMILES string of the molecule is CCc1cc2c(s1)CCO[C@@]21CCN(Cc2cn(CCO)nn2)[C@@H](C)C1. The maximum Gasteiger partial charge on any atom is 0.0969 e. The van der Waals surface area contributed by atoms with E-state index in [-0.39, 0.29) is 12.2 Å². The lowest BCUT2D eigenvalue weighted by molar-refractivity contribution is -0.112. The Morgan fingerprint density at radius 1 is 1.46 bits per heavy atom. The van der Waals surface area contributed by atoms with E-state index in [1.165, 1.54) is 10.4 Å². The molecule has 0 unspecified atom stereocenters. The molecule has 0 bridgehead atoms. The number of aromatic nitrogens is 3. The lowest BCUT2D eigenvalue weighted by Gasteiger charge is -2.47. The number of likely N-dealkylation sites (tertiary alicyclic amines) is 1. The second-order valence-electron chi connectivity index (χ2n) is 7.47. The second kappa shape index (κ2) is 7.38. The van der Waals surface area contributed by atoms with E-state index in [1.54, 1.807) is 9.56 Å². The normalized spacial score (nSPS) is 26.3.